The number of halogens is 1. The van der Waals surface area contributed by atoms with Crippen molar-refractivity contribution in [1.82, 2.24) is 4.98 Å². The number of carbonyl (C=O) groups is 1. The Morgan fingerprint density at radius 2 is 2.38 bits per heavy atom. The maximum absolute atomic E-state index is 11.3. The van der Waals surface area contributed by atoms with Crippen molar-refractivity contribution in [2.45, 2.75) is 13.8 Å². The number of rotatable bonds is 2. The minimum Gasteiger partial charge on any atom is -0.461 e. The molecule has 1 heterocycles. The fourth-order valence-electron chi connectivity index (χ4n) is 0.917. The molecule has 4 heteroatoms. The normalized spacial score (nSPS) is 9.77. The van der Waals surface area contributed by atoms with E-state index in [0.29, 0.717) is 17.2 Å². The van der Waals surface area contributed by atoms with Crippen LogP contribution >= 0.6 is 11.6 Å². The summed E-state index contributed by atoms with van der Waals surface area (Å²) >= 11 is 5.81. The molecule has 0 unspecified atom stereocenters. The first-order valence-electron chi connectivity index (χ1n) is 3.95. The molecule has 1 rings (SSSR count). The van der Waals surface area contributed by atoms with Crippen LogP contribution in [-0.4, -0.2) is 17.6 Å². The van der Waals surface area contributed by atoms with E-state index in [1.54, 1.807) is 19.9 Å². The lowest BCUT2D eigenvalue weighted by Crippen LogP contribution is -2.09. The fourth-order valence-corrected chi connectivity index (χ4v) is 1.06. The number of aromatic nitrogens is 1. The van der Waals surface area contributed by atoms with Crippen LogP contribution in [0.15, 0.2) is 12.3 Å². The third-order valence-electron chi connectivity index (χ3n) is 1.61. The van der Waals surface area contributed by atoms with Gasteiger partial charge in [-0.1, -0.05) is 11.6 Å². The predicted octanol–water partition coefficient (Wildman–Crippen LogP) is 2.22. The van der Waals surface area contributed by atoms with Crippen LogP contribution < -0.4 is 0 Å². The minimum atomic E-state index is -0.428. The van der Waals surface area contributed by atoms with Crippen LogP contribution in [0, 0.1) is 6.92 Å². The highest BCUT2D eigenvalue weighted by Gasteiger charge is 2.12. The molecular formula is C9H10ClNO2. The van der Waals surface area contributed by atoms with E-state index < -0.39 is 5.97 Å². The van der Waals surface area contributed by atoms with E-state index in [0.717, 1.165) is 0 Å². The maximum atomic E-state index is 11.3. The van der Waals surface area contributed by atoms with Gasteiger partial charge in [0.2, 0.25) is 0 Å². The first-order valence-corrected chi connectivity index (χ1v) is 4.32. The van der Waals surface area contributed by atoms with Gasteiger partial charge in [-0.25, -0.2) is 9.78 Å². The van der Waals surface area contributed by atoms with E-state index in [1.807, 2.05) is 0 Å². The highest BCUT2D eigenvalue weighted by Crippen LogP contribution is 2.16. The highest BCUT2D eigenvalue weighted by molar-refractivity contribution is 6.31. The fraction of sp³-hybridized carbons (Fsp3) is 0.333. The third-order valence-corrected chi connectivity index (χ3v) is 2.02. The molecule has 0 saturated carbocycles. The third kappa shape index (κ3) is 2.18. The van der Waals surface area contributed by atoms with Crippen molar-refractivity contribution in [2.24, 2.45) is 0 Å². The van der Waals surface area contributed by atoms with Gasteiger partial charge >= 0.3 is 5.97 Å². The van der Waals surface area contributed by atoms with Gasteiger partial charge in [0.1, 0.15) is 0 Å². The van der Waals surface area contributed by atoms with Crippen LogP contribution in [0.3, 0.4) is 0 Å². The smallest absolute Gasteiger partial charge is 0.357 e. The van der Waals surface area contributed by atoms with Gasteiger partial charge in [-0.2, -0.15) is 0 Å². The van der Waals surface area contributed by atoms with Gasteiger partial charge in [0, 0.05) is 16.8 Å². The Bertz CT molecular complexity index is 325. The molecule has 0 bridgehead atoms. The summed E-state index contributed by atoms with van der Waals surface area (Å²) < 4.78 is 4.80. The molecule has 0 atom stereocenters. The summed E-state index contributed by atoms with van der Waals surface area (Å²) in [6.07, 6.45) is 1.49. The summed E-state index contributed by atoms with van der Waals surface area (Å²) in [5, 5.41) is 0.526. The molecule has 1 aromatic heterocycles. The molecule has 13 heavy (non-hydrogen) atoms. The molecular weight excluding hydrogens is 190 g/mol. The van der Waals surface area contributed by atoms with Crippen molar-refractivity contribution >= 4 is 17.6 Å². The van der Waals surface area contributed by atoms with Crippen molar-refractivity contribution in [2.75, 3.05) is 6.61 Å². The summed E-state index contributed by atoms with van der Waals surface area (Å²) in [5.41, 5.74) is 0.942. The number of carbonyl (C=O) groups excluding carboxylic acids is 1. The van der Waals surface area contributed by atoms with Crippen molar-refractivity contribution in [3.8, 4) is 0 Å². The lowest BCUT2D eigenvalue weighted by Gasteiger charge is -2.04. The summed E-state index contributed by atoms with van der Waals surface area (Å²) in [7, 11) is 0. The van der Waals surface area contributed by atoms with Crippen LogP contribution in [0.1, 0.15) is 23.0 Å². The Hall–Kier alpha value is -1.09. The Morgan fingerprint density at radius 3 is 3.00 bits per heavy atom. The van der Waals surface area contributed by atoms with Crippen molar-refractivity contribution in [3.05, 3.63) is 28.5 Å². The second-order valence-electron chi connectivity index (χ2n) is 2.49. The quantitative estimate of drug-likeness (QED) is 0.686. The Labute approximate surface area is 81.7 Å². The zero-order valence-corrected chi connectivity index (χ0v) is 8.26. The molecule has 0 aromatic carbocycles. The van der Waals surface area contributed by atoms with Crippen LogP contribution in [0.25, 0.3) is 0 Å². The average Bonchev–Trinajstić information content (AvgIpc) is 2.10. The van der Waals surface area contributed by atoms with E-state index in [-0.39, 0.29) is 5.69 Å². The maximum Gasteiger partial charge on any atom is 0.357 e. The van der Waals surface area contributed by atoms with Crippen molar-refractivity contribution in [3.63, 3.8) is 0 Å². The van der Waals surface area contributed by atoms with Crippen LogP contribution in [0.2, 0.25) is 5.02 Å². The Kier molecular flexibility index (Phi) is 3.25. The lowest BCUT2D eigenvalue weighted by molar-refractivity contribution is 0.0518. The highest BCUT2D eigenvalue weighted by atomic mass is 35.5. The minimum absolute atomic E-state index is 0.286. The van der Waals surface area contributed by atoms with E-state index in [4.69, 9.17) is 16.3 Å². The number of nitrogens with zero attached hydrogens (tertiary/aromatic N) is 1. The molecule has 0 saturated heterocycles. The number of pyridine rings is 1. The zero-order valence-electron chi connectivity index (χ0n) is 7.50. The van der Waals surface area contributed by atoms with Gasteiger partial charge in [0.15, 0.2) is 5.69 Å². The van der Waals surface area contributed by atoms with Crippen molar-refractivity contribution in [1.29, 1.82) is 0 Å². The SMILES string of the molecule is CCOC(=O)c1nccc(Cl)c1C. The van der Waals surface area contributed by atoms with Gasteiger partial charge < -0.3 is 4.74 Å². The van der Waals surface area contributed by atoms with E-state index in [9.17, 15) is 4.79 Å². The summed E-state index contributed by atoms with van der Waals surface area (Å²) in [5.74, 6) is -0.428. The van der Waals surface area contributed by atoms with Crippen molar-refractivity contribution < 1.29 is 9.53 Å². The van der Waals surface area contributed by atoms with E-state index in [2.05, 4.69) is 4.98 Å². The average molecular weight is 200 g/mol. The molecule has 0 fully saturated rings. The molecule has 0 spiro atoms. The lowest BCUT2D eigenvalue weighted by atomic mass is 10.2. The number of hydrogen-bond donors (Lipinski definition) is 0. The molecule has 70 valence electrons. The second-order valence-corrected chi connectivity index (χ2v) is 2.89. The molecule has 0 aliphatic carbocycles. The molecule has 3 nitrogen and oxygen atoms in total. The van der Waals surface area contributed by atoms with Crippen LogP contribution in [0.4, 0.5) is 0 Å². The first kappa shape index (κ1) is 9.99. The molecule has 0 aliphatic heterocycles. The van der Waals surface area contributed by atoms with Gasteiger partial charge in [-0.15, -0.1) is 0 Å². The summed E-state index contributed by atoms with van der Waals surface area (Å²) in [6, 6.07) is 1.64. The Balaban J connectivity index is 3.01. The van der Waals surface area contributed by atoms with Gasteiger partial charge in [0.05, 0.1) is 6.61 Å². The number of ether oxygens (including phenoxy) is 1. The topological polar surface area (TPSA) is 39.2 Å². The van der Waals surface area contributed by atoms with E-state index >= 15 is 0 Å². The molecule has 1 aromatic rings. The van der Waals surface area contributed by atoms with Crippen LogP contribution in [-0.2, 0) is 4.74 Å². The van der Waals surface area contributed by atoms with Gasteiger partial charge in [-0.05, 0) is 19.9 Å². The standard InChI is InChI=1S/C9H10ClNO2/c1-3-13-9(12)8-6(2)7(10)4-5-11-8/h4-5H,3H2,1-2H3. The molecule has 0 amide bonds. The Morgan fingerprint density at radius 1 is 1.69 bits per heavy atom. The summed E-state index contributed by atoms with van der Waals surface area (Å²) in [4.78, 5) is 15.2. The van der Waals surface area contributed by atoms with Crippen LogP contribution in [0.5, 0.6) is 0 Å². The monoisotopic (exact) mass is 199 g/mol. The van der Waals surface area contributed by atoms with Gasteiger partial charge in [0.25, 0.3) is 0 Å². The predicted molar refractivity (Wildman–Crippen MR) is 49.9 cm³/mol. The molecule has 0 radical (unpaired) electrons. The zero-order chi connectivity index (χ0) is 9.84. The first-order chi connectivity index (χ1) is 6.16. The number of hydrogen-bond acceptors (Lipinski definition) is 3. The van der Waals surface area contributed by atoms with E-state index in [1.165, 1.54) is 6.20 Å². The van der Waals surface area contributed by atoms with Gasteiger partial charge in [-0.3, -0.25) is 0 Å². The largest absolute Gasteiger partial charge is 0.461 e. The molecule has 0 aliphatic rings. The number of esters is 1. The molecule has 0 N–H and O–H groups in total. The second kappa shape index (κ2) is 4.23. The summed E-state index contributed by atoms with van der Waals surface area (Å²) in [6.45, 7) is 3.83.